The fourth-order valence-electron chi connectivity index (χ4n) is 1.82. The van der Waals surface area contributed by atoms with E-state index in [0.717, 1.165) is 0 Å². The summed E-state index contributed by atoms with van der Waals surface area (Å²) in [7, 11) is 0. The minimum absolute atomic E-state index is 0.348. The number of aliphatic carboxylic acids is 2. The predicted octanol–water partition coefficient (Wildman–Crippen LogP) is -1.88. The largest absolute Gasteiger partial charge is 0.481 e. The van der Waals surface area contributed by atoms with Crippen LogP contribution in [0.2, 0.25) is 0 Å². The molecule has 154 valence electrons. The van der Waals surface area contributed by atoms with Crippen LogP contribution in [-0.2, 0) is 24.0 Å². The van der Waals surface area contributed by atoms with E-state index in [0.29, 0.717) is 12.2 Å². The van der Waals surface area contributed by atoms with Crippen LogP contribution < -0.4 is 21.7 Å². The average molecular weight is 406 g/mol. The molecule has 3 amide bonds. The smallest absolute Gasteiger partial charge is 0.325 e. The van der Waals surface area contributed by atoms with Gasteiger partial charge in [0.1, 0.15) is 18.1 Å². The van der Waals surface area contributed by atoms with Crippen LogP contribution in [0.5, 0.6) is 0 Å². The molecule has 0 fully saturated rings. The van der Waals surface area contributed by atoms with Crippen molar-refractivity contribution in [3.05, 3.63) is 0 Å². The van der Waals surface area contributed by atoms with Crippen molar-refractivity contribution in [2.45, 2.75) is 50.9 Å². The van der Waals surface area contributed by atoms with E-state index in [1.807, 2.05) is 6.26 Å². The third kappa shape index (κ3) is 9.80. The molecule has 0 saturated heterocycles. The van der Waals surface area contributed by atoms with Crippen molar-refractivity contribution in [1.82, 2.24) is 16.0 Å². The Bertz CT molecular complexity index is 572. The zero-order chi connectivity index (χ0) is 21.1. The Morgan fingerprint density at radius 3 is 1.96 bits per heavy atom. The molecule has 0 rings (SSSR count). The van der Waals surface area contributed by atoms with E-state index in [2.05, 4.69) is 16.0 Å². The average Bonchev–Trinajstić information content (AvgIpc) is 2.57. The van der Waals surface area contributed by atoms with Crippen LogP contribution in [0.1, 0.15) is 26.7 Å². The first kappa shape index (κ1) is 24.7. The van der Waals surface area contributed by atoms with Crippen LogP contribution in [0.15, 0.2) is 0 Å². The summed E-state index contributed by atoms with van der Waals surface area (Å²) in [6.07, 6.45) is 1.48. The first-order valence-electron chi connectivity index (χ1n) is 8.09. The van der Waals surface area contributed by atoms with Crippen LogP contribution in [0, 0.1) is 0 Å². The van der Waals surface area contributed by atoms with Crippen molar-refractivity contribution < 1.29 is 34.2 Å². The van der Waals surface area contributed by atoms with Crippen LogP contribution in [0.4, 0.5) is 0 Å². The summed E-state index contributed by atoms with van der Waals surface area (Å²) in [6, 6.07) is -4.64. The highest BCUT2D eigenvalue weighted by Gasteiger charge is 2.28. The Kier molecular flexibility index (Phi) is 11.1. The van der Waals surface area contributed by atoms with E-state index in [1.165, 1.54) is 25.6 Å². The highest BCUT2D eigenvalue weighted by atomic mass is 32.2. The molecule has 0 aromatic heterocycles. The molecule has 7 N–H and O–H groups in total. The van der Waals surface area contributed by atoms with Crippen LogP contribution in [-0.4, -0.2) is 76.0 Å². The Morgan fingerprint density at radius 1 is 0.926 bits per heavy atom. The lowest BCUT2D eigenvalue weighted by atomic mass is 10.1. The molecule has 4 unspecified atom stereocenters. The van der Waals surface area contributed by atoms with Crippen molar-refractivity contribution in [3.8, 4) is 0 Å². The molecule has 0 heterocycles. The van der Waals surface area contributed by atoms with Gasteiger partial charge in [-0.25, -0.2) is 0 Å². The van der Waals surface area contributed by atoms with Crippen LogP contribution in [0.25, 0.3) is 0 Å². The van der Waals surface area contributed by atoms with Gasteiger partial charge in [-0.05, 0) is 32.3 Å². The molecule has 4 atom stereocenters. The fourth-order valence-corrected chi connectivity index (χ4v) is 2.31. The Labute approximate surface area is 160 Å². The molecule has 0 aliphatic carbocycles. The van der Waals surface area contributed by atoms with Crippen molar-refractivity contribution >= 4 is 41.4 Å². The van der Waals surface area contributed by atoms with Gasteiger partial charge >= 0.3 is 11.9 Å². The number of nitrogens with one attached hydrogen (secondary N) is 3. The molecular formula is C15H26N4O7S. The van der Waals surface area contributed by atoms with Gasteiger partial charge in [-0.2, -0.15) is 11.8 Å². The van der Waals surface area contributed by atoms with Gasteiger partial charge in [0.15, 0.2) is 0 Å². The Hall–Kier alpha value is -2.34. The normalized spacial score (nSPS) is 15.0. The third-order valence-electron chi connectivity index (χ3n) is 3.46. The number of carboxylic acids is 2. The summed E-state index contributed by atoms with van der Waals surface area (Å²) in [5, 5.41) is 24.4. The predicted molar refractivity (Wildman–Crippen MR) is 98.0 cm³/mol. The molecule has 0 aromatic carbocycles. The number of carbonyl (C=O) groups excluding carboxylic acids is 3. The summed E-state index contributed by atoms with van der Waals surface area (Å²) in [4.78, 5) is 57.9. The lowest BCUT2D eigenvalue weighted by molar-refractivity contribution is -0.142. The zero-order valence-corrected chi connectivity index (χ0v) is 16.2. The van der Waals surface area contributed by atoms with Gasteiger partial charge in [0.25, 0.3) is 0 Å². The van der Waals surface area contributed by atoms with Crippen molar-refractivity contribution in [3.63, 3.8) is 0 Å². The fraction of sp³-hybridized carbons (Fsp3) is 0.667. The van der Waals surface area contributed by atoms with Gasteiger partial charge in [-0.3, -0.25) is 24.0 Å². The van der Waals surface area contributed by atoms with Gasteiger partial charge in [0, 0.05) is 0 Å². The van der Waals surface area contributed by atoms with Gasteiger partial charge in [-0.15, -0.1) is 0 Å². The molecule has 11 nitrogen and oxygen atoms in total. The monoisotopic (exact) mass is 406 g/mol. The third-order valence-corrected chi connectivity index (χ3v) is 4.11. The standard InChI is InChI=1S/C15H26N4O7S/c1-7(12(22)18-8(2)15(25)26)17-14(24)10(6-11(20)21)19-13(23)9(16)4-5-27-3/h7-10H,4-6,16H2,1-3H3,(H,17,24)(H,18,22)(H,19,23)(H,20,21)(H,25,26). The maximum Gasteiger partial charge on any atom is 0.325 e. The summed E-state index contributed by atoms with van der Waals surface area (Å²) in [5.41, 5.74) is 5.69. The molecule has 0 spiro atoms. The van der Waals surface area contributed by atoms with E-state index in [1.54, 1.807) is 0 Å². The first-order chi connectivity index (χ1) is 12.5. The maximum absolute atomic E-state index is 12.3. The number of nitrogens with two attached hydrogens (primary N) is 1. The van der Waals surface area contributed by atoms with E-state index < -0.39 is 60.2 Å². The Morgan fingerprint density at radius 2 is 1.48 bits per heavy atom. The second-order valence-corrected chi connectivity index (χ2v) is 6.83. The van der Waals surface area contributed by atoms with Gasteiger partial charge < -0.3 is 31.9 Å². The van der Waals surface area contributed by atoms with Crippen molar-refractivity contribution in [2.75, 3.05) is 12.0 Å². The van der Waals surface area contributed by atoms with Crippen molar-refractivity contribution in [1.29, 1.82) is 0 Å². The molecular weight excluding hydrogens is 380 g/mol. The lowest BCUT2D eigenvalue weighted by Gasteiger charge is -2.22. The zero-order valence-electron chi connectivity index (χ0n) is 15.4. The number of carbonyl (C=O) groups is 5. The quantitative estimate of drug-likeness (QED) is 0.215. The minimum atomic E-state index is -1.43. The molecule has 0 saturated carbocycles. The van der Waals surface area contributed by atoms with E-state index in [4.69, 9.17) is 15.9 Å². The number of carboxylic acid groups (broad SMARTS) is 2. The van der Waals surface area contributed by atoms with Crippen molar-refractivity contribution in [2.24, 2.45) is 5.73 Å². The van der Waals surface area contributed by atoms with E-state index >= 15 is 0 Å². The van der Waals surface area contributed by atoms with Gasteiger partial charge in [-0.1, -0.05) is 0 Å². The first-order valence-corrected chi connectivity index (χ1v) is 9.49. The molecule has 0 aliphatic rings. The lowest BCUT2D eigenvalue weighted by Crippen LogP contribution is -2.56. The number of hydrogen-bond acceptors (Lipinski definition) is 7. The molecule has 12 heteroatoms. The summed E-state index contributed by atoms with van der Waals surface area (Å²) >= 11 is 1.48. The molecule has 0 aromatic rings. The molecule has 0 aliphatic heterocycles. The number of hydrogen-bond donors (Lipinski definition) is 6. The second kappa shape index (κ2) is 12.1. The SMILES string of the molecule is CSCCC(N)C(=O)NC(CC(=O)O)C(=O)NC(C)C(=O)NC(C)C(=O)O. The number of rotatable bonds is 12. The minimum Gasteiger partial charge on any atom is -0.481 e. The highest BCUT2D eigenvalue weighted by Crippen LogP contribution is 2.01. The highest BCUT2D eigenvalue weighted by molar-refractivity contribution is 7.98. The summed E-state index contributed by atoms with van der Waals surface area (Å²) in [5.74, 6) is -4.31. The summed E-state index contributed by atoms with van der Waals surface area (Å²) in [6.45, 7) is 2.55. The van der Waals surface area contributed by atoms with Crippen LogP contribution in [0.3, 0.4) is 0 Å². The Balaban J connectivity index is 4.90. The maximum atomic E-state index is 12.3. The van der Waals surface area contributed by atoms with E-state index in [-0.39, 0.29) is 0 Å². The topological polar surface area (TPSA) is 188 Å². The van der Waals surface area contributed by atoms with Gasteiger partial charge in [0.2, 0.25) is 17.7 Å². The molecule has 27 heavy (non-hydrogen) atoms. The second-order valence-electron chi connectivity index (χ2n) is 5.85. The summed E-state index contributed by atoms with van der Waals surface area (Å²) < 4.78 is 0. The number of thioether (sulfide) groups is 1. The van der Waals surface area contributed by atoms with Crippen LogP contribution >= 0.6 is 11.8 Å². The van der Waals surface area contributed by atoms with Gasteiger partial charge in [0.05, 0.1) is 12.5 Å². The molecule has 0 bridgehead atoms. The van der Waals surface area contributed by atoms with E-state index in [9.17, 15) is 24.0 Å². The molecule has 0 radical (unpaired) electrons. The number of amides is 3.